The molecule has 2 fully saturated rings. The van der Waals surface area contributed by atoms with Gasteiger partial charge in [0.1, 0.15) is 0 Å². The van der Waals surface area contributed by atoms with Gasteiger partial charge in [0.25, 0.3) is 0 Å². The summed E-state index contributed by atoms with van der Waals surface area (Å²) in [4.78, 5) is 2.55. The third-order valence-corrected chi connectivity index (χ3v) is 5.83. The molecule has 1 saturated carbocycles. The van der Waals surface area contributed by atoms with E-state index < -0.39 is 0 Å². The first kappa shape index (κ1) is 17.2. The molecule has 1 aliphatic carbocycles. The summed E-state index contributed by atoms with van der Waals surface area (Å²) in [7, 11) is 4.61. The van der Waals surface area contributed by atoms with E-state index in [0.29, 0.717) is 11.6 Å². The maximum absolute atomic E-state index is 5.61. The van der Waals surface area contributed by atoms with Crippen LogP contribution in [0.25, 0.3) is 0 Å². The van der Waals surface area contributed by atoms with Gasteiger partial charge >= 0.3 is 0 Å². The quantitative estimate of drug-likeness (QED) is 0.814. The first-order valence-electron chi connectivity index (χ1n) is 9.08. The van der Waals surface area contributed by atoms with Crippen LogP contribution in [-0.4, -0.2) is 50.3 Å². The van der Waals surface area contributed by atoms with Crippen molar-refractivity contribution < 1.29 is 4.74 Å². The highest BCUT2D eigenvalue weighted by Gasteiger charge is 2.46. The predicted octanol–water partition coefficient (Wildman–Crippen LogP) is 3.29. The zero-order valence-corrected chi connectivity index (χ0v) is 14.7. The van der Waals surface area contributed by atoms with E-state index in [1.165, 1.54) is 44.9 Å². The second-order valence-electron chi connectivity index (χ2n) is 7.58. The minimum Gasteiger partial charge on any atom is -0.381 e. The van der Waals surface area contributed by atoms with Crippen LogP contribution in [0.2, 0.25) is 0 Å². The maximum Gasteiger partial charge on any atom is 0.0469 e. The Bertz CT molecular complexity index is 302. The van der Waals surface area contributed by atoms with Gasteiger partial charge in [-0.25, -0.2) is 0 Å². The Balaban J connectivity index is 2.20. The standard InChI is InChI=1S/C18H36N2O/c1-5-11-19-17(16-8-12-21-13-9-16)18(20(3)4)10-6-7-15(2)14-18/h15-17,19H,5-14H2,1-4H3. The van der Waals surface area contributed by atoms with Gasteiger partial charge in [0.2, 0.25) is 0 Å². The number of nitrogens with zero attached hydrogens (tertiary/aromatic N) is 1. The molecule has 0 bridgehead atoms. The summed E-state index contributed by atoms with van der Waals surface area (Å²) in [6, 6.07) is 0.624. The van der Waals surface area contributed by atoms with Gasteiger partial charge in [0.05, 0.1) is 0 Å². The molecule has 0 aromatic carbocycles. The van der Waals surface area contributed by atoms with E-state index in [-0.39, 0.29) is 0 Å². The number of likely N-dealkylation sites (N-methyl/N-ethyl adjacent to an activating group) is 1. The van der Waals surface area contributed by atoms with E-state index in [1.807, 2.05) is 0 Å². The predicted molar refractivity (Wildman–Crippen MR) is 89.7 cm³/mol. The first-order valence-corrected chi connectivity index (χ1v) is 9.08. The molecule has 2 aliphatic rings. The van der Waals surface area contributed by atoms with Crippen molar-refractivity contribution in [3.05, 3.63) is 0 Å². The van der Waals surface area contributed by atoms with Crippen molar-refractivity contribution in [2.75, 3.05) is 33.9 Å². The Morgan fingerprint density at radius 2 is 1.95 bits per heavy atom. The van der Waals surface area contributed by atoms with Crippen molar-refractivity contribution >= 4 is 0 Å². The van der Waals surface area contributed by atoms with Gasteiger partial charge < -0.3 is 15.0 Å². The Kier molecular flexibility index (Phi) is 6.51. The van der Waals surface area contributed by atoms with Crippen LogP contribution in [0.3, 0.4) is 0 Å². The number of nitrogens with one attached hydrogen (secondary N) is 1. The van der Waals surface area contributed by atoms with Crippen molar-refractivity contribution in [3.63, 3.8) is 0 Å². The van der Waals surface area contributed by atoms with Crippen molar-refractivity contribution in [2.45, 2.75) is 70.4 Å². The molecule has 3 nitrogen and oxygen atoms in total. The Morgan fingerprint density at radius 3 is 2.52 bits per heavy atom. The first-order chi connectivity index (χ1) is 10.1. The number of ether oxygens (including phenoxy) is 1. The molecule has 1 heterocycles. The molecule has 1 N–H and O–H groups in total. The molecule has 3 heteroatoms. The molecular weight excluding hydrogens is 260 g/mol. The van der Waals surface area contributed by atoms with Crippen LogP contribution in [-0.2, 0) is 4.74 Å². The summed E-state index contributed by atoms with van der Waals surface area (Å²) in [5.41, 5.74) is 0.342. The molecule has 1 saturated heterocycles. The number of hydrogen-bond acceptors (Lipinski definition) is 3. The Labute approximate surface area is 131 Å². The smallest absolute Gasteiger partial charge is 0.0469 e. The summed E-state index contributed by atoms with van der Waals surface area (Å²) >= 11 is 0. The molecule has 2 rings (SSSR count). The van der Waals surface area contributed by atoms with Crippen molar-refractivity contribution in [1.82, 2.24) is 10.2 Å². The molecule has 3 unspecified atom stereocenters. The van der Waals surface area contributed by atoms with Gasteiger partial charge in [-0.2, -0.15) is 0 Å². The largest absolute Gasteiger partial charge is 0.381 e. The van der Waals surface area contributed by atoms with Gasteiger partial charge in [-0.3, -0.25) is 0 Å². The lowest BCUT2D eigenvalue weighted by Crippen LogP contribution is -2.64. The van der Waals surface area contributed by atoms with Crippen LogP contribution in [0.4, 0.5) is 0 Å². The zero-order chi connectivity index (χ0) is 15.3. The van der Waals surface area contributed by atoms with Crippen LogP contribution in [0.5, 0.6) is 0 Å². The average Bonchev–Trinajstić information content (AvgIpc) is 2.48. The Hall–Kier alpha value is -0.120. The summed E-state index contributed by atoms with van der Waals surface area (Å²) in [6.07, 6.45) is 9.16. The lowest BCUT2D eigenvalue weighted by atomic mass is 9.67. The molecule has 1 aliphatic heterocycles. The highest BCUT2D eigenvalue weighted by atomic mass is 16.5. The van der Waals surface area contributed by atoms with Gasteiger partial charge in [-0.15, -0.1) is 0 Å². The van der Waals surface area contributed by atoms with Crippen molar-refractivity contribution in [2.24, 2.45) is 11.8 Å². The van der Waals surface area contributed by atoms with Crippen LogP contribution >= 0.6 is 0 Å². The molecule has 0 amide bonds. The van der Waals surface area contributed by atoms with Crippen LogP contribution < -0.4 is 5.32 Å². The van der Waals surface area contributed by atoms with Crippen molar-refractivity contribution in [1.29, 1.82) is 0 Å². The molecular formula is C18H36N2O. The van der Waals surface area contributed by atoms with E-state index in [9.17, 15) is 0 Å². The Morgan fingerprint density at radius 1 is 1.24 bits per heavy atom. The van der Waals surface area contributed by atoms with E-state index >= 15 is 0 Å². The van der Waals surface area contributed by atoms with Gasteiger partial charge in [-0.05, 0) is 64.6 Å². The maximum atomic E-state index is 5.61. The highest BCUT2D eigenvalue weighted by Crippen LogP contribution is 2.42. The van der Waals surface area contributed by atoms with E-state index in [1.54, 1.807) is 0 Å². The summed E-state index contributed by atoms with van der Waals surface area (Å²) in [6.45, 7) is 7.77. The van der Waals surface area contributed by atoms with Crippen LogP contribution in [0.1, 0.15) is 58.8 Å². The molecule has 0 radical (unpaired) electrons. The fourth-order valence-electron chi connectivity index (χ4n) is 4.68. The number of hydrogen-bond donors (Lipinski definition) is 1. The average molecular weight is 296 g/mol. The third kappa shape index (κ3) is 4.00. The molecule has 0 aromatic heterocycles. The van der Waals surface area contributed by atoms with E-state index in [2.05, 4.69) is 38.2 Å². The summed E-state index contributed by atoms with van der Waals surface area (Å²) in [5, 5.41) is 3.95. The monoisotopic (exact) mass is 296 g/mol. The molecule has 124 valence electrons. The minimum atomic E-state index is 0.342. The SMILES string of the molecule is CCCNC(C1CCOCC1)C1(N(C)C)CCCC(C)C1. The lowest BCUT2D eigenvalue weighted by Gasteiger charge is -2.53. The number of rotatable bonds is 6. The van der Waals surface area contributed by atoms with Gasteiger partial charge in [-0.1, -0.05) is 26.7 Å². The zero-order valence-electron chi connectivity index (χ0n) is 14.7. The minimum absolute atomic E-state index is 0.342. The van der Waals surface area contributed by atoms with Crippen molar-refractivity contribution in [3.8, 4) is 0 Å². The lowest BCUT2D eigenvalue weighted by molar-refractivity contribution is -0.0180. The topological polar surface area (TPSA) is 24.5 Å². The summed E-state index contributed by atoms with van der Waals surface area (Å²) < 4.78 is 5.61. The molecule has 3 atom stereocenters. The highest BCUT2D eigenvalue weighted by molar-refractivity contribution is 5.04. The fourth-order valence-corrected chi connectivity index (χ4v) is 4.68. The summed E-state index contributed by atoms with van der Waals surface area (Å²) in [5.74, 6) is 1.63. The van der Waals surface area contributed by atoms with E-state index in [0.717, 1.165) is 31.6 Å². The second kappa shape index (κ2) is 7.94. The van der Waals surface area contributed by atoms with Gasteiger partial charge in [0.15, 0.2) is 0 Å². The van der Waals surface area contributed by atoms with E-state index in [4.69, 9.17) is 4.74 Å². The second-order valence-corrected chi connectivity index (χ2v) is 7.58. The third-order valence-electron chi connectivity index (χ3n) is 5.83. The normalized spacial score (nSPS) is 33.3. The van der Waals surface area contributed by atoms with Crippen LogP contribution in [0.15, 0.2) is 0 Å². The van der Waals surface area contributed by atoms with Crippen LogP contribution in [0, 0.1) is 11.8 Å². The molecule has 0 aromatic rings. The molecule has 21 heavy (non-hydrogen) atoms. The fraction of sp³-hybridized carbons (Fsp3) is 1.00. The van der Waals surface area contributed by atoms with Gasteiger partial charge in [0, 0.05) is 24.8 Å². The molecule has 0 spiro atoms.